The summed E-state index contributed by atoms with van der Waals surface area (Å²) in [7, 11) is 0. The maximum Gasteiger partial charge on any atom is 0.282 e. The molecular weight excluding hydrogens is 278 g/mol. The molecule has 0 heterocycles. The van der Waals surface area contributed by atoms with Gasteiger partial charge in [0.2, 0.25) is 0 Å². The van der Waals surface area contributed by atoms with Crippen LogP contribution in [0.4, 0.5) is 8.78 Å². The highest BCUT2D eigenvalue weighted by molar-refractivity contribution is 7.99. The fourth-order valence-electron chi connectivity index (χ4n) is 1.80. The number of halogens is 2. The van der Waals surface area contributed by atoms with Gasteiger partial charge in [-0.05, 0) is 24.6 Å². The van der Waals surface area contributed by atoms with E-state index >= 15 is 0 Å². The van der Waals surface area contributed by atoms with E-state index < -0.39 is 12.0 Å². The van der Waals surface area contributed by atoms with Crippen molar-refractivity contribution in [2.24, 2.45) is 0 Å². The van der Waals surface area contributed by atoms with Crippen LogP contribution in [0.5, 0.6) is 0 Å². The molecule has 0 aliphatic heterocycles. The van der Waals surface area contributed by atoms with Crippen molar-refractivity contribution >= 4 is 11.8 Å². The number of aliphatic hydroxyl groups excluding tert-OH is 1. The first-order chi connectivity index (χ1) is 9.49. The molecule has 0 fully saturated rings. The van der Waals surface area contributed by atoms with E-state index in [4.69, 9.17) is 0 Å². The SMILES string of the molecule is CC(O)c1cccc(SCC(F)(F)c2ccccc2)c1. The largest absolute Gasteiger partial charge is 0.389 e. The molecule has 0 aliphatic carbocycles. The quantitative estimate of drug-likeness (QED) is 0.812. The van der Waals surface area contributed by atoms with Crippen molar-refractivity contribution in [1.82, 2.24) is 0 Å². The van der Waals surface area contributed by atoms with Crippen LogP contribution in [0.3, 0.4) is 0 Å². The van der Waals surface area contributed by atoms with E-state index in [9.17, 15) is 13.9 Å². The molecule has 0 radical (unpaired) electrons. The van der Waals surface area contributed by atoms with Crippen molar-refractivity contribution < 1.29 is 13.9 Å². The van der Waals surface area contributed by atoms with Gasteiger partial charge in [0.15, 0.2) is 0 Å². The fraction of sp³-hybridized carbons (Fsp3) is 0.250. The summed E-state index contributed by atoms with van der Waals surface area (Å²) in [6.07, 6.45) is -0.592. The molecule has 106 valence electrons. The Hall–Kier alpha value is -1.39. The second-order valence-electron chi connectivity index (χ2n) is 4.61. The molecule has 2 rings (SSSR count). The van der Waals surface area contributed by atoms with E-state index in [0.29, 0.717) is 0 Å². The molecule has 1 unspecified atom stereocenters. The highest BCUT2D eigenvalue weighted by Gasteiger charge is 2.31. The van der Waals surface area contributed by atoms with Gasteiger partial charge in [-0.3, -0.25) is 0 Å². The Morgan fingerprint density at radius 2 is 1.80 bits per heavy atom. The number of rotatable bonds is 5. The van der Waals surface area contributed by atoms with Crippen molar-refractivity contribution in [1.29, 1.82) is 0 Å². The minimum atomic E-state index is -2.87. The van der Waals surface area contributed by atoms with Crippen LogP contribution in [0.1, 0.15) is 24.2 Å². The second kappa shape index (κ2) is 6.37. The molecule has 0 saturated heterocycles. The number of thioether (sulfide) groups is 1. The Morgan fingerprint density at radius 1 is 1.10 bits per heavy atom. The summed E-state index contributed by atoms with van der Waals surface area (Å²) in [6, 6.07) is 14.9. The van der Waals surface area contributed by atoms with E-state index in [1.165, 1.54) is 12.1 Å². The number of alkyl halides is 2. The molecular formula is C16H16F2OS. The topological polar surface area (TPSA) is 20.2 Å². The Balaban J connectivity index is 2.06. The summed E-state index contributed by atoms with van der Waals surface area (Å²) in [5.74, 6) is -3.19. The van der Waals surface area contributed by atoms with Crippen molar-refractivity contribution in [3.63, 3.8) is 0 Å². The molecule has 4 heteroatoms. The molecule has 20 heavy (non-hydrogen) atoms. The summed E-state index contributed by atoms with van der Waals surface area (Å²) >= 11 is 1.09. The lowest BCUT2D eigenvalue weighted by atomic mass is 10.1. The second-order valence-corrected chi connectivity index (χ2v) is 5.66. The van der Waals surface area contributed by atoms with Crippen LogP contribution in [-0.2, 0) is 5.92 Å². The normalized spacial score (nSPS) is 13.2. The highest BCUT2D eigenvalue weighted by atomic mass is 32.2. The highest BCUT2D eigenvalue weighted by Crippen LogP contribution is 2.34. The van der Waals surface area contributed by atoms with Crippen LogP contribution >= 0.6 is 11.8 Å². The van der Waals surface area contributed by atoms with Gasteiger partial charge >= 0.3 is 0 Å². The molecule has 0 amide bonds. The smallest absolute Gasteiger partial charge is 0.282 e. The van der Waals surface area contributed by atoms with Crippen LogP contribution in [0.2, 0.25) is 0 Å². The molecule has 0 saturated carbocycles. The third-order valence-corrected chi connectivity index (χ3v) is 4.05. The van der Waals surface area contributed by atoms with Crippen LogP contribution in [0.25, 0.3) is 0 Å². The average molecular weight is 294 g/mol. The van der Waals surface area contributed by atoms with E-state index in [-0.39, 0.29) is 11.3 Å². The van der Waals surface area contributed by atoms with Gasteiger partial charge in [0, 0.05) is 10.5 Å². The Labute approximate surface area is 121 Å². The number of hydrogen-bond acceptors (Lipinski definition) is 2. The molecule has 1 nitrogen and oxygen atoms in total. The minimum Gasteiger partial charge on any atom is -0.389 e. The van der Waals surface area contributed by atoms with E-state index in [0.717, 1.165) is 22.2 Å². The van der Waals surface area contributed by atoms with Gasteiger partial charge in [0.1, 0.15) is 0 Å². The van der Waals surface area contributed by atoms with Gasteiger partial charge in [-0.25, -0.2) is 8.78 Å². The van der Waals surface area contributed by atoms with Crippen LogP contribution in [-0.4, -0.2) is 10.9 Å². The summed E-state index contributed by atoms with van der Waals surface area (Å²) < 4.78 is 28.1. The van der Waals surface area contributed by atoms with Gasteiger partial charge in [0.05, 0.1) is 11.9 Å². The summed E-state index contributed by atoms with van der Waals surface area (Å²) in [5.41, 5.74) is 0.761. The van der Waals surface area contributed by atoms with Gasteiger partial charge in [-0.15, -0.1) is 11.8 Å². The van der Waals surface area contributed by atoms with Crippen molar-refractivity contribution in [3.05, 3.63) is 65.7 Å². The van der Waals surface area contributed by atoms with E-state index in [1.54, 1.807) is 49.4 Å². The maximum absolute atomic E-state index is 14.0. The Kier molecular flexibility index (Phi) is 4.78. The first-order valence-electron chi connectivity index (χ1n) is 6.33. The molecule has 0 spiro atoms. The van der Waals surface area contributed by atoms with Gasteiger partial charge in [0.25, 0.3) is 5.92 Å². The van der Waals surface area contributed by atoms with Crippen molar-refractivity contribution in [3.8, 4) is 0 Å². The van der Waals surface area contributed by atoms with Crippen LogP contribution in [0, 0.1) is 0 Å². The number of hydrogen-bond donors (Lipinski definition) is 1. The van der Waals surface area contributed by atoms with Gasteiger partial charge in [-0.2, -0.15) is 0 Å². The molecule has 0 bridgehead atoms. The van der Waals surface area contributed by atoms with Crippen molar-refractivity contribution in [2.45, 2.75) is 23.8 Å². The molecule has 0 aliphatic rings. The zero-order chi connectivity index (χ0) is 14.6. The monoisotopic (exact) mass is 294 g/mol. The van der Waals surface area contributed by atoms with Crippen LogP contribution < -0.4 is 0 Å². The van der Waals surface area contributed by atoms with Gasteiger partial charge < -0.3 is 5.11 Å². The zero-order valence-corrected chi connectivity index (χ0v) is 11.9. The number of aliphatic hydroxyl groups is 1. The standard InChI is InChI=1S/C16H16F2OS/c1-12(19)13-6-5-9-15(10-13)20-11-16(17,18)14-7-3-2-4-8-14/h2-10,12,19H,11H2,1H3. The fourth-order valence-corrected chi connectivity index (χ4v) is 2.71. The third kappa shape index (κ3) is 3.81. The first kappa shape index (κ1) is 15.0. The minimum absolute atomic E-state index is 0.0270. The lowest BCUT2D eigenvalue weighted by Gasteiger charge is -2.16. The Morgan fingerprint density at radius 3 is 2.45 bits per heavy atom. The van der Waals surface area contributed by atoms with Crippen molar-refractivity contribution in [2.75, 3.05) is 5.75 Å². The molecule has 0 aromatic heterocycles. The zero-order valence-electron chi connectivity index (χ0n) is 11.1. The number of benzene rings is 2. The summed E-state index contributed by atoms with van der Waals surface area (Å²) in [5, 5.41) is 9.50. The predicted molar refractivity (Wildman–Crippen MR) is 78.1 cm³/mol. The molecule has 1 atom stereocenters. The van der Waals surface area contributed by atoms with Gasteiger partial charge in [-0.1, -0.05) is 42.5 Å². The summed E-state index contributed by atoms with van der Waals surface area (Å²) in [6.45, 7) is 1.66. The van der Waals surface area contributed by atoms with E-state index in [1.807, 2.05) is 0 Å². The first-order valence-corrected chi connectivity index (χ1v) is 7.32. The lowest BCUT2D eigenvalue weighted by Crippen LogP contribution is -2.16. The predicted octanol–water partition coefficient (Wildman–Crippen LogP) is 4.62. The maximum atomic E-state index is 14.0. The average Bonchev–Trinajstić information content (AvgIpc) is 2.46. The molecule has 1 N–H and O–H groups in total. The van der Waals surface area contributed by atoms with Crippen LogP contribution in [0.15, 0.2) is 59.5 Å². The molecule has 2 aromatic carbocycles. The third-order valence-electron chi connectivity index (χ3n) is 2.96. The Bertz CT molecular complexity index is 555. The molecule has 2 aromatic rings. The van der Waals surface area contributed by atoms with E-state index in [2.05, 4.69) is 0 Å². The lowest BCUT2D eigenvalue weighted by molar-refractivity contribution is 0.0232. The summed E-state index contributed by atoms with van der Waals surface area (Å²) in [4.78, 5) is 0.735.